The zero-order chi connectivity index (χ0) is 34.2. The molecule has 2 N–H and O–H groups in total. The summed E-state index contributed by atoms with van der Waals surface area (Å²) in [7, 11) is 1.77. The minimum absolute atomic E-state index is 0.00286. The predicted molar refractivity (Wildman–Crippen MR) is 186 cm³/mol. The van der Waals surface area contributed by atoms with E-state index in [0.717, 1.165) is 57.1 Å². The lowest BCUT2D eigenvalue weighted by Crippen LogP contribution is -2.36. The van der Waals surface area contributed by atoms with Crippen LogP contribution in [0.2, 0.25) is 0 Å². The van der Waals surface area contributed by atoms with Gasteiger partial charge in [-0.25, -0.2) is 0 Å². The molecule has 8 nitrogen and oxygen atoms in total. The quantitative estimate of drug-likeness (QED) is 0.153. The number of carbonyl (C=O) groups is 1. The summed E-state index contributed by atoms with van der Waals surface area (Å²) >= 11 is 0. The van der Waals surface area contributed by atoms with E-state index < -0.39 is 6.10 Å². The normalized spacial score (nSPS) is 33.7. The fraction of sp³-hybridized carbons (Fsp3) is 0.718. The summed E-state index contributed by atoms with van der Waals surface area (Å²) in [4.78, 5) is 11.0. The fourth-order valence-corrected chi connectivity index (χ4v) is 6.64. The number of fused-ring (bicyclic) bond motifs is 1. The van der Waals surface area contributed by atoms with Gasteiger partial charge in [0.25, 0.3) is 6.47 Å². The molecule has 0 aromatic carbocycles. The third-order valence-corrected chi connectivity index (χ3v) is 10.1. The van der Waals surface area contributed by atoms with Crippen LogP contribution in [0, 0.1) is 11.8 Å². The largest absolute Gasteiger partial charge is 0.464 e. The lowest BCUT2D eigenvalue weighted by molar-refractivity contribution is -0.144. The molecular weight excluding hydrogens is 596 g/mol. The highest BCUT2D eigenvalue weighted by Gasteiger charge is 2.39. The van der Waals surface area contributed by atoms with Crippen LogP contribution >= 0.6 is 0 Å². The molecule has 10 atom stereocenters. The Bertz CT molecular complexity index is 1080. The van der Waals surface area contributed by atoms with E-state index in [4.69, 9.17) is 23.7 Å². The van der Waals surface area contributed by atoms with Gasteiger partial charge in [-0.05, 0) is 82.8 Å². The number of ether oxygens (including phenoxy) is 5. The Labute approximate surface area is 283 Å². The molecule has 4 aliphatic rings. The monoisotopic (exact) mass is 658 g/mol. The van der Waals surface area contributed by atoms with Crippen molar-refractivity contribution in [3.8, 4) is 0 Å². The zero-order valence-corrected chi connectivity index (χ0v) is 29.7. The molecule has 3 aliphatic heterocycles. The second-order valence-corrected chi connectivity index (χ2v) is 13.8. The molecule has 266 valence electrons. The van der Waals surface area contributed by atoms with Crippen molar-refractivity contribution in [1.82, 2.24) is 0 Å². The van der Waals surface area contributed by atoms with E-state index in [-0.39, 0.29) is 42.4 Å². The van der Waals surface area contributed by atoms with Crippen molar-refractivity contribution in [2.75, 3.05) is 20.3 Å². The first-order chi connectivity index (χ1) is 22.6. The minimum atomic E-state index is -0.487. The summed E-state index contributed by atoms with van der Waals surface area (Å²) in [6.45, 7) is 12.3. The van der Waals surface area contributed by atoms with Crippen molar-refractivity contribution in [2.24, 2.45) is 11.8 Å². The van der Waals surface area contributed by atoms with E-state index in [9.17, 15) is 15.0 Å². The number of hydrogen-bond donors (Lipinski definition) is 2. The smallest absolute Gasteiger partial charge is 0.293 e. The van der Waals surface area contributed by atoms with Crippen molar-refractivity contribution >= 4 is 6.47 Å². The molecule has 3 heterocycles. The SMILES string of the molecule is CCC(C)C(O)C/C=C\C1CC(OC=O)CC(C/C=C(\C)CC/C=C/C=C2\COC3C(O)C(C)=CCC23)O1.COC1CCOC(C)C1. The van der Waals surface area contributed by atoms with Crippen LogP contribution in [-0.2, 0) is 28.5 Å². The Morgan fingerprint density at radius 3 is 2.68 bits per heavy atom. The van der Waals surface area contributed by atoms with E-state index in [1.807, 2.05) is 19.1 Å². The van der Waals surface area contributed by atoms with Crippen LogP contribution in [0.15, 0.2) is 59.3 Å². The van der Waals surface area contributed by atoms with Crippen LogP contribution in [0.4, 0.5) is 0 Å². The van der Waals surface area contributed by atoms with Crippen molar-refractivity contribution in [1.29, 1.82) is 0 Å². The first-order valence-corrected chi connectivity index (χ1v) is 17.9. The summed E-state index contributed by atoms with van der Waals surface area (Å²) < 4.78 is 27.9. The van der Waals surface area contributed by atoms with Gasteiger partial charge in [0.2, 0.25) is 0 Å². The van der Waals surface area contributed by atoms with Crippen LogP contribution in [0.3, 0.4) is 0 Å². The highest BCUT2D eigenvalue weighted by Crippen LogP contribution is 2.37. The van der Waals surface area contributed by atoms with E-state index in [1.54, 1.807) is 7.11 Å². The molecule has 0 spiro atoms. The molecule has 3 saturated heterocycles. The van der Waals surface area contributed by atoms with Gasteiger partial charge >= 0.3 is 0 Å². The molecule has 0 aromatic rings. The molecule has 0 radical (unpaired) electrons. The summed E-state index contributed by atoms with van der Waals surface area (Å²) in [5.41, 5.74) is 3.59. The average Bonchev–Trinajstić information content (AvgIpc) is 3.48. The number of rotatable bonds is 14. The van der Waals surface area contributed by atoms with Crippen LogP contribution in [0.25, 0.3) is 0 Å². The zero-order valence-electron chi connectivity index (χ0n) is 29.7. The van der Waals surface area contributed by atoms with Gasteiger partial charge in [-0.15, -0.1) is 0 Å². The van der Waals surface area contributed by atoms with Gasteiger partial charge < -0.3 is 33.9 Å². The topological polar surface area (TPSA) is 104 Å². The minimum Gasteiger partial charge on any atom is -0.464 e. The number of methoxy groups -OCH3 is 1. The highest BCUT2D eigenvalue weighted by molar-refractivity contribution is 5.37. The predicted octanol–water partition coefficient (Wildman–Crippen LogP) is 6.95. The Hall–Kier alpha value is -2.07. The maximum atomic E-state index is 11.0. The third kappa shape index (κ3) is 13.4. The van der Waals surface area contributed by atoms with Gasteiger partial charge in [-0.2, -0.15) is 0 Å². The molecule has 10 unspecified atom stereocenters. The Morgan fingerprint density at radius 2 is 1.98 bits per heavy atom. The lowest BCUT2D eigenvalue weighted by atomic mass is 9.82. The molecule has 3 fully saturated rings. The van der Waals surface area contributed by atoms with E-state index in [0.29, 0.717) is 44.5 Å². The van der Waals surface area contributed by atoms with Crippen molar-refractivity contribution < 1.29 is 38.7 Å². The number of allylic oxidation sites excluding steroid dienone is 5. The van der Waals surface area contributed by atoms with Crippen molar-refractivity contribution in [2.45, 2.75) is 148 Å². The number of hydrogen-bond acceptors (Lipinski definition) is 8. The number of aliphatic hydroxyl groups excluding tert-OH is 2. The maximum absolute atomic E-state index is 11.0. The summed E-state index contributed by atoms with van der Waals surface area (Å²) in [6.07, 6.45) is 23.1. The maximum Gasteiger partial charge on any atom is 0.293 e. The van der Waals surface area contributed by atoms with Gasteiger partial charge in [-0.1, -0.05) is 68.4 Å². The number of carbonyl (C=O) groups excluding carboxylic acids is 1. The van der Waals surface area contributed by atoms with Crippen LogP contribution in [0.1, 0.15) is 98.8 Å². The molecule has 4 rings (SSSR count). The Morgan fingerprint density at radius 1 is 1.17 bits per heavy atom. The Balaban J connectivity index is 0.000000573. The van der Waals surface area contributed by atoms with Gasteiger partial charge in [0.15, 0.2) is 0 Å². The summed E-state index contributed by atoms with van der Waals surface area (Å²) in [5, 5.41) is 20.5. The molecule has 0 amide bonds. The molecular formula is C39H62O8. The number of aliphatic hydroxyl groups is 2. The van der Waals surface area contributed by atoms with Gasteiger partial charge in [0.05, 0.1) is 43.2 Å². The van der Waals surface area contributed by atoms with Gasteiger partial charge in [0, 0.05) is 32.5 Å². The van der Waals surface area contributed by atoms with Crippen LogP contribution in [-0.4, -0.2) is 85.8 Å². The first kappa shape index (κ1) is 39.4. The van der Waals surface area contributed by atoms with Crippen LogP contribution < -0.4 is 0 Å². The van der Waals surface area contributed by atoms with E-state index in [1.165, 1.54) is 11.1 Å². The molecule has 8 heteroatoms. The summed E-state index contributed by atoms with van der Waals surface area (Å²) in [5.74, 6) is 0.549. The highest BCUT2D eigenvalue weighted by atomic mass is 16.5. The van der Waals surface area contributed by atoms with Crippen molar-refractivity contribution in [3.05, 3.63) is 59.3 Å². The second-order valence-electron chi connectivity index (χ2n) is 13.8. The molecule has 47 heavy (non-hydrogen) atoms. The second kappa shape index (κ2) is 21.1. The van der Waals surface area contributed by atoms with E-state index >= 15 is 0 Å². The standard InChI is InChI=1S/C32H48O6.C7H14O2/c1-5-23(3)30(34)13-9-12-26-18-28(37-21-33)19-27(38-26)16-14-22(2)10-7-6-8-11-25-20-36-32-29(25)17-15-24(4)31(32)35;1-6-5-7(8-2)3-4-9-6/h6,8-9,11-12,14-15,21,23,26-32,34-35H,5,7,10,13,16-20H2,1-4H3;6-7H,3-5H2,1-2H3/b8-6+,12-9-,22-14+,25-11+;. The fourth-order valence-electron chi connectivity index (χ4n) is 6.64. The molecule has 1 aliphatic carbocycles. The molecule has 0 bridgehead atoms. The Kier molecular flexibility index (Phi) is 17.7. The first-order valence-electron chi connectivity index (χ1n) is 17.9. The summed E-state index contributed by atoms with van der Waals surface area (Å²) in [6, 6.07) is 0. The third-order valence-electron chi connectivity index (χ3n) is 10.1. The van der Waals surface area contributed by atoms with Gasteiger partial charge in [0.1, 0.15) is 12.2 Å². The van der Waals surface area contributed by atoms with Gasteiger partial charge in [-0.3, -0.25) is 4.79 Å². The molecule has 0 saturated carbocycles. The molecule has 0 aromatic heterocycles. The van der Waals surface area contributed by atoms with Crippen LogP contribution in [0.5, 0.6) is 0 Å². The lowest BCUT2D eigenvalue weighted by Gasteiger charge is -2.33. The average molecular weight is 659 g/mol. The van der Waals surface area contributed by atoms with Crippen molar-refractivity contribution in [3.63, 3.8) is 0 Å². The van der Waals surface area contributed by atoms with E-state index in [2.05, 4.69) is 58.1 Å².